The second-order valence-corrected chi connectivity index (χ2v) is 5.73. The zero-order valence-electron chi connectivity index (χ0n) is 9.59. The van der Waals surface area contributed by atoms with Crippen LogP contribution in [0.5, 0.6) is 0 Å². The molecular formula is C13H12N2OS2. The van der Waals surface area contributed by atoms with Gasteiger partial charge in [0.15, 0.2) is 5.13 Å². The van der Waals surface area contributed by atoms with E-state index in [-0.39, 0.29) is 5.91 Å². The van der Waals surface area contributed by atoms with Gasteiger partial charge in [0.05, 0.1) is 5.69 Å². The normalized spacial score (nSPS) is 14.5. The van der Waals surface area contributed by atoms with Crippen LogP contribution in [0.25, 0.3) is 0 Å². The second-order valence-electron chi connectivity index (χ2n) is 4.35. The lowest BCUT2D eigenvalue weighted by Crippen LogP contribution is -2.11. The van der Waals surface area contributed by atoms with Crippen molar-refractivity contribution >= 4 is 35.0 Å². The Bertz CT molecular complexity index is 573. The fourth-order valence-electron chi connectivity index (χ4n) is 1.69. The van der Waals surface area contributed by atoms with Crippen molar-refractivity contribution in [1.82, 2.24) is 4.98 Å². The lowest BCUT2D eigenvalue weighted by atomic mass is 10.2. The molecule has 2 aromatic rings. The molecule has 1 aromatic heterocycles. The van der Waals surface area contributed by atoms with Gasteiger partial charge >= 0.3 is 0 Å². The number of thiazole rings is 1. The first-order valence-corrected chi connectivity index (χ1v) is 7.11. The van der Waals surface area contributed by atoms with Crippen LogP contribution in [0, 0.1) is 0 Å². The quantitative estimate of drug-likeness (QED) is 0.842. The Morgan fingerprint density at radius 3 is 2.72 bits per heavy atom. The van der Waals surface area contributed by atoms with Gasteiger partial charge in [-0.05, 0) is 37.1 Å². The first kappa shape index (κ1) is 11.7. The number of thiol groups is 1. The molecule has 1 N–H and O–H groups in total. The maximum atomic E-state index is 12.0. The number of hydrogen-bond donors (Lipinski definition) is 2. The molecule has 3 nitrogen and oxygen atoms in total. The number of rotatable bonds is 3. The number of anilines is 1. The van der Waals surface area contributed by atoms with Crippen molar-refractivity contribution in [3.05, 3.63) is 40.9 Å². The Labute approximate surface area is 115 Å². The van der Waals surface area contributed by atoms with Crippen molar-refractivity contribution in [1.29, 1.82) is 0 Å². The molecular weight excluding hydrogens is 264 g/mol. The molecule has 1 aliphatic rings. The van der Waals surface area contributed by atoms with E-state index in [0.29, 0.717) is 16.6 Å². The van der Waals surface area contributed by atoms with E-state index in [1.807, 2.05) is 5.38 Å². The summed E-state index contributed by atoms with van der Waals surface area (Å²) in [4.78, 5) is 17.2. The third kappa shape index (κ3) is 2.57. The maximum absolute atomic E-state index is 12.0. The SMILES string of the molecule is O=C(Nc1nc(C2CC2)cs1)c1ccc(S)cc1. The Morgan fingerprint density at radius 2 is 2.06 bits per heavy atom. The summed E-state index contributed by atoms with van der Waals surface area (Å²) in [5.41, 5.74) is 1.73. The summed E-state index contributed by atoms with van der Waals surface area (Å²) in [6.07, 6.45) is 2.45. The molecule has 3 rings (SSSR count). The zero-order chi connectivity index (χ0) is 12.5. The Kier molecular flexibility index (Phi) is 3.09. The largest absolute Gasteiger partial charge is 0.298 e. The van der Waals surface area contributed by atoms with Crippen LogP contribution >= 0.6 is 24.0 Å². The van der Waals surface area contributed by atoms with Gasteiger partial charge in [-0.15, -0.1) is 24.0 Å². The van der Waals surface area contributed by atoms with Crippen LogP contribution in [0.1, 0.15) is 34.8 Å². The van der Waals surface area contributed by atoms with E-state index in [2.05, 4.69) is 22.9 Å². The molecule has 92 valence electrons. The average Bonchev–Trinajstić information content (AvgIpc) is 3.11. The minimum absolute atomic E-state index is 0.125. The minimum Gasteiger partial charge on any atom is -0.298 e. The molecule has 0 spiro atoms. The van der Waals surface area contributed by atoms with Gasteiger partial charge in [0.1, 0.15) is 0 Å². The average molecular weight is 276 g/mol. The summed E-state index contributed by atoms with van der Waals surface area (Å²) in [5, 5.41) is 5.53. The number of carbonyl (C=O) groups is 1. The van der Waals surface area contributed by atoms with E-state index in [1.165, 1.54) is 24.2 Å². The highest BCUT2D eigenvalue weighted by molar-refractivity contribution is 7.80. The highest BCUT2D eigenvalue weighted by Crippen LogP contribution is 2.40. The van der Waals surface area contributed by atoms with E-state index in [0.717, 1.165) is 10.6 Å². The molecule has 0 bridgehead atoms. The summed E-state index contributed by atoms with van der Waals surface area (Å²) in [6.45, 7) is 0. The van der Waals surface area contributed by atoms with Crippen LogP contribution in [-0.4, -0.2) is 10.9 Å². The lowest BCUT2D eigenvalue weighted by Gasteiger charge is -2.01. The van der Waals surface area contributed by atoms with Crippen molar-refractivity contribution in [2.75, 3.05) is 5.32 Å². The summed E-state index contributed by atoms with van der Waals surface area (Å²) < 4.78 is 0. The first-order chi connectivity index (χ1) is 8.72. The van der Waals surface area contributed by atoms with Gasteiger partial charge in [0.2, 0.25) is 0 Å². The van der Waals surface area contributed by atoms with Crippen molar-refractivity contribution in [3.63, 3.8) is 0 Å². The summed E-state index contributed by atoms with van der Waals surface area (Å²) in [6, 6.07) is 7.12. The fourth-order valence-corrected chi connectivity index (χ4v) is 2.63. The molecule has 1 saturated carbocycles. The van der Waals surface area contributed by atoms with Gasteiger partial charge in [-0.2, -0.15) is 0 Å². The Balaban J connectivity index is 1.70. The molecule has 0 aliphatic heterocycles. The van der Waals surface area contributed by atoms with Gasteiger partial charge in [-0.3, -0.25) is 10.1 Å². The number of nitrogens with zero attached hydrogens (tertiary/aromatic N) is 1. The zero-order valence-corrected chi connectivity index (χ0v) is 11.3. The number of carbonyl (C=O) groups excluding carboxylic acids is 1. The Morgan fingerprint density at radius 1 is 1.33 bits per heavy atom. The van der Waals surface area contributed by atoms with Crippen LogP contribution in [0.4, 0.5) is 5.13 Å². The number of amides is 1. The molecule has 1 amide bonds. The molecule has 0 radical (unpaired) electrons. The molecule has 0 unspecified atom stereocenters. The van der Waals surface area contributed by atoms with E-state index in [4.69, 9.17) is 0 Å². The smallest absolute Gasteiger partial charge is 0.257 e. The highest BCUT2D eigenvalue weighted by Gasteiger charge is 2.26. The summed E-state index contributed by atoms with van der Waals surface area (Å²) in [5.74, 6) is 0.496. The third-order valence-corrected chi connectivity index (χ3v) is 3.94. The topological polar surface area (TPSA) is 42.0 Å². The predicted octanol–water partition coefficient (Wildman–Crippen LogP) is 3.56. The number of aromatic nitrogens is 1. The molecule has 1 aromatic carbocycles. The predicted molar refractivity (Wildman–Crippen MR) is 75.7 cm³/mol. The molecule has 0 atom stereocenters. The van der Waals surface area contributed by atoms with Gasteiger partial charge < -0.3 is 0 Å². The summed E-state index contributed by atoms with van der Waals surface area (Å²) in [7, 11) is 0. The van der Waals surface area contributed by atoms with E-state index < -0.39 is 0 Å². The second kappa shape index (κ2) is 4.74. The minimum atomic E-state index is -0.125. The van der Waals surface area contributed by atoms with Gasteiger partial charge in [0, 0.05) is 21.8 Å². The molecule has 1 fully saturated rings. The first-order valence-electron chi connectivity index (χ1n) is 5.78. The third-order valence-electron chi connectivity index (χ3n) is 2.87. The van der Waals surface area contributed by atoms with E-state index >= 15 is 0 Å². The van der Waals surface area contributed by atoms with Crippen LogP contribution in [0.15, 0.2) is 34.5 Å². The molecule has 5 heteroatoms. The van der Waals surface area contributed by atoms with Crippen LogP contribution in [0.3, 0.4) is 0 Å². The van der Waals surface area contributed by atoms with Crippen LogP contribution in [0.2, 0.25) is 0 Å². The highest BCUT2D eigenvalue weighted by atomic mass is 32.1. The molecule has 1 heterocycles. The van der Waals surface area contributed by atoms with Crippen molar-refractivity contribution in [2.45, 2.75) is 23.7 Å². The van der Waals surface area contributed by atoms with E-state index in [1.54, 1.807) is 24.3 Å². The van der Waals surface area contributed by atoms with Crippen LogP contribution in [-0.2, 0) is 0 Å². The van der Waals surface area contributed by atoms with Gasteiger partial charge in [0.25, 0.3) is 5.91 Å². The van der Waals surface area contributed by atoms with Crippen LogP contribution < -0.4 is 5.32 Å². The lowest BCUT2D eigenvalue weighted by molar-refractivity contribution is 0.102. The molecule has 0 saturated heterocycles. The number of benzene rings is 1. The number of hydrogen-bond acceptors (Lipinski definition) is 4. The standard InChI is InChI=1S/C13H12N2OS2/c16-12(9-3-5-10(17)6-4-9)15-13-14-11(7-18-13)8-1-2-8/h3-8,17H,1-2H2,(H,14,15,16). The Hall–Kier alpha value is -1.33. The molecule has 18 heavy (non-hydrogen) atoms. The van der Waals surface area contributed by atoms with Gasteiger partial charge in [-0.1, -0.05) is 0 Å². The van der Waals surface area contributed by atoms with Crippen molar-refractivity contribution in [3.8, 4) is 0 Å². The van der Waals surface area contributed by atoms with Gasteiger partial charge in [-0.25, -0.2) is 4.98 Å². The number of nitrogens with one attached hydrogen (secondary N) is 1. The fraction of sp³-hybridized carbons (Fsp3) is 0.231. The summed E-state index contributed by atoms with van der Waals surface area (Å²) >= 11 is 5.68. The monoisotopic (exact) mass is 276 g/mol. The van der Waals surface area contributed by atoms with Crippen molar-refractivity contribution in [2.24, 2.45) is 0 Å². The van der Waals surface area contributed by atoms with Crippen molar-refractivity contribution < 1.29 is 4.79 Å². The van der Waals surface area contributed by atoms with E-state index in [9.17, 15) is 4.79 Å². The maximum Gasteiger partial charge on any atom is 0.257 e. The molecule has 1 aliphatic carbocycles.